The van der Waals surface area contributed by atoms with Crippen molar-refractivity contribution in [2.75, 3.05) is 7.05 Å². The Hall–Kier alpha value is -5.02. The highest BCUT2D eigenvalue weighted by Crippen LogP contribution is 2.48. The first-order valence-corrected chi connectivity index (χ1v) is 15.0. The van der Waals surface area contributed by atoms with Crippen molar-refractivity contribution in [1.82, 2.24) is 25.8 Å². The molecular formula is C35H29ClFN5O3. The summed E-state index contributed by atoms with van der Waals surface area (Å²) in [6.45, 7) is 1.98. The molecule has 2 aliphatic rings. The molecule has 0 spiro atoms. The van der Waals surface area contributed by atoms with E-state index in [0.29, 0.717) is 39.1 Å². The Labute approximate surface area is 264 Å². The number of H-pyrrole nitrogens is 1. The number of carbonyl (C=O) groups excluding carboxylic acids is 2. The van der Waals surface area contributed by atoms with E-state index in [9.17, 15) is 14.0 Å². The lowest BCUT2D eigenvalue weighted by atomic mass is 9.88. The van der Waals surface area contributed by atoms with Gasteiger partial charge in [0, 0.05) is 23.7 Å². The van der Waals surface area contributed by atoms with E-state index in [1.807, 2.05) is 55.5 Å². The van der Waals surface area contributed by atoms with Crippen molar-refractivity contribution in [3.63, 3.8) is 0 Å². The number of hydrogen-bond acceptors (Lipinski definition) is 5. The SMILES string of the molecule is CNC(=O)C1c2cc(-c3cc(C(=O)NC4(c5nc(-c6ccccc6Cl)n[nH]5)CC4)ccc3C)ccc2OC1c1ccc(F)cc1. The molecule has 10 heteroatoms. The Morgan fingerprint density at radius 1 is 1.00 bits per heavy atom. The lowest BCUT2D eigenvalue weighted by Gasteiger charge is -2.18. The van der Waals surface area contributed by atoms with Gasteiger partial charge in [-0.25, -0.2) is 9.37 Å². The Kier molecular flexibility index (Phi) is 7.13. The van der Waals surface area contributed by atoms with Crippen LogP contribution in [-0.2, 0) is 10.3 Å². The van der Waals surface area contributed by atoms with E-state index in [1.165, 1.54) is 12.1 Å². The van der Waals surface area contributed by atoms with Crippen LogP contribution in [0.5, 0.6) is 5.75 Å². The normalized spacial score (nSPS) is 17.7. The zero-order valence-corrected chi connectivity index (χ0v) is 25.3. The number of nitrogens with one attached hydrogen (secondary N) is 3. The van der Waals surface area contributed by atoms with E-state index < -0.39 is 17.6 Å². The van der Waals surface area contributed by atoms with E-state index >= 15 is 0 Å². The monoisotopic (exact) mass is 621 g/mol. The molecule has 1 aromatic heterocycles. The number of rotatable bonds is 7. The molecule has 3 N–H and O–H groups in total. The van der Waals surface area contributed by atoms with Crippen molar-refractivity contribution < 1.29 is 18.7 Å². The molecular weight excluding hydrogens is 593 g/mol. The van der Waals surface area contributed by atoms with Gasteiger partial charge in [-0.2, -0.15) is 5.10 Å². The smallest absolute Gasteiger partial charge is 0.252 e. The van der Waals surface area contributed by atoms with E-state index in [4.69, 9.17) is 16.3 Å². The molecule has 0 saturated heterocycles. The molecule has 2 amide bonds. The molecule has 45 heavy (non-hydrogen) atoms. The van der Waals surface area contributed by atoms with Crippen LogP contribution in [0, 0.1) is 12.7 Å². The van der Waals surface area contributed by atoms with Gasteiger partial charge >= 0.3 is 0 Å². The number of aromatic amines is 1. The summed E-state index contributed by atoms with van der Waals surface area (Å²) in [4.78, 5) is 31.4. The van der Waals surface area contributed by atoms with Crippen LogP contribution in [0.25, 0.3) is 22.5 Å². The summed E-state index contributed by atoms with van der Waals surface area (Å²) in [5, 5.41) is 13.8. The maximum absolute atomic E-state index is 13.6. The number of benzene rings is 4. The van der Waals surface area contributed by atoms with E-state index in [-0.39, 0.29) is 17.6 Å². The van der Waals surface area contributed by atoms with Crippen molar-refractivity contribution in [2.45, 2.75) is 37.3 Å². The molecule has 5 aromatic rings. The number of carbonyl (C=O) groups is 2. The molecule has 1 fully saturated rings. The molecule has 0 radical (unpaired) electrons. The van der Waals surface area contributed by atoms with Crippen LogP contribution in [0.3, 0.4) is 0 Å². The maximum atomic E-state index is 13.6. The zero-order valence-electron chi connectivity index (χ0n) is 24.5. The van der Waals surface area contributed by atoms with E-state index in [1.54, 1.807) is 31.3 Å². The van der Waals surface area contributed by atoms with Crippen molar-refractivity contribution in [3.05, 3.63) is 124 Å². The number of nitrogens with zero attached hydrogens (tertiary/aromatic N) is 2. The molecule has 2 heterocycles. The molecule has 7 rings (SSSR count). The van der Waals surface area contributed by atoms with Gasteiger partial charge in [0.25, 0.3) is 5.91 Å². The number of ether oxygens (including phenoxy) is 1. The quantitative estimate of drug-likeness (QED) is 0.189. The number of aromatic nitrogens is 3. The van der Waals surface area contributed by atoms with Gasteiger partial charge in [-0.15, -0.1) is 0 Å². The summed E-state index contributed by atoms with van der Waals surface area (Å²) in [6.07, 6.45) is 0.865. The van der Waals surface area contributed by atoms with Gasteiger partial charge in [0.2, 0.25) is 5.91 Å². The second kappa shape index (κ2) is 11.2. The minimum Gasteiger partial charge on any atom is -0.484 e. The minimum absolute atomic E-state index is 0.204. The Morgan fingerprint density at radius 3 is 2.51 bits per heavy atom. The lowest BCUT2D eigenvalue weighted by Crippen LogP contribution is -2.35. The van der Waals surface area contributed by atoms with Crippen LogP contribution < -0.4 is 15.4 Å². The summed E-state index contributed by atoms with van der Waals surface area (Å²) < 4.78 is 19.8. The highest BCUT2D eigenvalue weighted by molar-refractivity contribution is 6.33. The average molecular weight is 622 g/mol. The molecule has 1 saturated carbocycles. The third-order valence-electron chi connectivity index (χ3n) is 8.60. The second-order valence-corrected chi connectivity index (χ2v) is 11.9. The van der Waals surface area contributed by atoms with Gasteiger partial charge in [-0.1, -0.05) is 48.0 Å². The molecule has 2 unspecified atom stereocenters. The molecule has 226 valence electrons. The van der Waals surface area contributed by atoms with Crippen molar-refractivity contribution in [1.29, 1.82) is 0 Å². The van der Waals surface area contributed by atoms with Gasteiger partial charge in [0.1, 0.15) is 23.6 Å². The van der Waals surface area contributed by atoms with Crippen molar-refractivity contribution in [2.24, 2.45) is 0 Å². The molecule has 1 aliphatic carbocycles. The van der Waals surface area contributed by atoms with Crippen molar-refractivity contribution >= 4 is 23.4 Å². The summed E-state index contributed by atoms with van der Waals surface area (Å²) >= 11 is 6.34. The van der Waals surface area contributed by atoms with E-state index in [0.717, 1.165) is 35.1 Å². The van der Waals surface area contributed by atoms with Gasteiger partial charge in [-0.3, -0.25) is 14.7 Å². The average Bonchev–Trinajstić information content (AvgIpc) is 3.47. The highest BCUT2D eigenvalue weighted by atomic mass is 35.5. The highest BCUT2D eigenvalue weighted by Gasteiger charge is 2.49. The van der Waals surface area contributed by atoms with Crippen LogP contribution in [0.4, 0.5) is 4.39 Å². The molecule has 4 aromatic carbocycles. The first-order chi connectivity index (χ1) is 21.8. The van der Waals surface area contributed by atoms with Gasteiger partial charge < -0.3 is 15.4 Å². The molecule has 0 bridgehead atoms. The first kappa shape index (κ1) is 28.7. The number of hydrogen-bond donors (Lipinski definition) is 3. The van der Waals surface area contributed by atoms with Crippen LogP contribution in [0.15, 0.2) is 84.9 Å². The summed E-state index contributed by atoms with van der Waals surface area (Å²) in [6, 6.07) is 24.6. The predicted octanol–water partition coefficient (Wildman–Crippen LogP) is 6.62. The Bertz CT molecular complexity index is 1950. The standard InChI is InChI=1S/C35H29ClFN5O3/c1-19-7-8-22(32(43)40-35(15-16-35)34-39-31(41-42-34)24-5-3-4-6-27(24)36)18-25(19)21-11-14-28-26(17-21)29(33(44)38-2)30(45-28)20-9-12-23(37)13-10-20/h3-14,17-18,29-30H,15-16H2,1-2H3,(H,38,44)(H,40,43)(H,39,41,42). The fourth-order valence-corrected chi connectivity index (χ4v) is 6.15. The van der Waals surface area contributed by atoms with Crippen molar-refractivity contribution in [3.8, 4) is 28.3 Å². The summed E-state index contributed by atoms with van der Waals surface area (Å²) in [5.74, 6) is 0.238. The Morgan fingerprint density at radius 2 is 1.78 bits per heavy atom. The molecule has 8 nitrogen and oxygen atoms in total. The number of likely N-dealkylation sites (N-methyl/N-ethyl adjacent to an activating group) is 1. The third-order valence-corrected chi connectivity index (χ3v) is 8.93. The number of fused-ring (bicyclic) bond motifs is 1. The van der Waals surface area contributed by atoms with Gasteiger partial charge in [0.15, 0.2) is 11.6 Å². The maximum Gasteiger partial charge on any atom is 0.252 e. The number of aryl methyl sites for hydroxylation is 1. The van der Waals surface area contributed by atoms with Crippen LogP contribution in [0.2, 0.25) is 5.02 Å². The second-order valence-electron chi connectivity index (χ2n) is 11.5. The summed E-state index contributed by atoms with van der Waals surface area (Å²) in [7, 11) is 1.58. The van der Waals surface area contributed by atoms with Crippen LogP contribution in [-0.4, -0.2) is 34.0 Å². The minimum atomic E-state index is -0.630. The van der Waals surface area contributed by atoms with Gasteiger partial charge in [-0.05, 0) is 90.6 Å². The van der Waals surface area contributed by atoms with Crippen LogP contribution >= 0.6 is 11.6 Å². The number of amides is 2. The van der Waals surface area contributed by atoms with Gasteiger partial charge in [0.05, 0.1) is 10.6 Å². The lowest BCUT2D eigenvalue weighted by molar-refractivity contribution is -0.123. The largest absolute Gasteiger partial charge is 0.484 e. The fraction of sp³-hybridized carbons (Fsp3) is 0.200. The predicted molar refractivity (Wildman–Crippen MR) is 168 cm³/mol. The molecule has 1 aliphatic heterocycles. The van der Waals surface area contributed by atoms with Crippen LogP contribution in [0.1, 0.15) is 57.7 Å². The van der Waals surface area contributed by atoms with E-state index in [2.05, 4.69) is 25.8 Å². The zero-order chi connectivity index (χ0) is 31.3. The Balaban J connectivity index is 1.16. The first-order valence-electron chi connectivity index (χ1n) is 14.7. The topological polar surface area (TPSA) is 109 Å². The molecule has 2 atom stereocenters. The summed E-state index contributed by atoms with van der Waals surface area (Å²) in [5.41, 5.74) is 4.69. The third kappa shape index (κ3) is 5.23. The fourth-order valence-electron chi connectivity index (χ4n) is 5.93. The number of halogens is 2.